The summed E-state index contributed by atoms with van der Waals surface area (Å²) in [5, 5.41) is 10.2. The lowest BCUT2D eigenvalue weighted by molar-refractivity contribution is 0.518. The van der Waals surface area contributed by atoms with Crippen molar-refractivity contribution in [3.63, 3.8) is 0 Å². The topological polar surface area (TPSA) is 26.3 Å². The molecule has 2 heterocycles. The number of hydrogen-bond donors (Lipinski definition) is 0. The molecule has 2 heteroatoms. The fraction of sp³-hybridized carbons (Fsp3) is 0.476. The van der Waals surface area contributed by atoms with Gasteiger partial charge in [-0.1, -0.05) is 128 Å². The summed E-state index contributed by atoms with van der Waals surface area (Å²) in [4.78, 5) is 0. The zero-order valence-electron chi connectivity index (χ0n) is 27.3. The summed E-state index contributed by atoms with van der Waals surface area (Å²) < 4.78 is 12.6. The van der Waals surface area contributed by atoms with E-state index in [-0.39, 0.29) is 0 Å². The van der Waals surface area contributed by atoms with Gasteiger partial charge in [-0.05, 0) is 81.6 Å². The zero-order valence-corrected chi connectivity index (χ0v) is 27.3. The van der Waals surface area contributed by atoms with Gasteiger partial charge in [0.05, 0.1) is 0 Å². The van der Waals surface area contributed by atoms with Gasteiger partial charge in [0, 0.05) is 23.6 Å². The minimum Gasteiger partial charge on any atom is -0.461 e. The third-order valence-electron chi connectivity index (χ3n) is 9.76. The van der Waals surface area contributed by atoms with Crippen LogP contribution in [0.1, 0.15) is 128 Å². The van der Waals surface area contributed by atoms with Gasteiger partial charge >= 0.3 is 0 Å². The van der Waals surface area contributed by atoms with Gasteiger partial charge in [-0.3, -0.25) is 0 Å². The molecule has 0 aliphatic rings. The molecule has 6 rings (SSSR count). The summed E-state index contributed by atoms with van der Waals surface area (Å²) in [6.45, 7) is 4.57. The van der Waals surface area contributed by atoms with E-state index >= 15 is 0 Å². The maximum absolute atomic E-state index is 6.32. The number of furan rings is 2. The summed E-state index contributed by atoms with van der Waals surface area (Å²) >= 11 is 0. The van der Waals surface area contributed by atoms with Crippen LogP contribution in [0.15, 0.2) is 69.5 Å². The third kappa shape index (κ3) is 7.33. The molecule has 232 valence electrons. The molecule has 44 heavy (non-hydrogen) atoms. The quantitative estimate of drug-likeness (QED) is 0.0737. The Morgan fingerprint density at radius 3 is 1.16 bits per heavy atom. The number of rotatable bonds is 18. The maximum Gasteiger partial charge on any atom is 0.134 e. The molecule has 0 aliphatic carbocycles. The minimum absolute atomic E-state index is 1.01. The minimum atomic E-state index is 1.01. The van der Waals surface area contributed by atoms with Crippen LogP contribution in [0.4, 0.5) is 0 Å². The second-order valence-electron chi connectivity index (χ2n) is 13.3. The average Bonchev–Trinajstić information content (AvgIpc) is 3.63. The van der Waals surface area contributed by atoms with E-state index < -0.39 is 0 Å². The van der Waals surface area contributed by atoms with Crippen LogP contribution in [0.2, 0.25) is 0 Å². The van der Waals surface area contributed by atoms with Crippen LogP contribution in [0.5, 0.6) is 0 Å². The average molecular weight is 589 g/mol. The monoisotopic (exact) mass is 588 g/mol. The molecular formula is C42H52O2. The molecule has 0 aliphatic heterocycles. The molecule has 0 fully saturated rings. The third-order valence-corrected chi connectivity index (χ3v) is 9.76. The number of benzene rings is 4. The van der Waals surface area contributed by atoms with Crippen LogP contribution in [0.3, 0.4) is 0 Å². The Balaban J connectivity index is 1.15. The van der Waals surface area contributed by atoms with E-state index in [4.69, 9.17) is 8.83 Å². The first kappa shape index (κ1) is 30.8. The first-order valence-electron chi connectivity index (χ1n) is 18.0. The number of unbranched alkanes of at least 4 members (excludes halogenated alkanes) is 14. The maximum atomic E-state index is 6.32. The smallest absolute Gasteiger partial charge is 0.134 e. The van der Waals surface area contributed by atoms with Crippen molar-refractivity contribution in [2.75, 3.05) is 0 Å². The van der Waals surface area contributed by atoms with Crippen molar-refractivity contribution in [3.8, 4) is 0 Å². The Labute approximate surface area is 264 Å². The lowest BCUT2D eigenvalue weighted by Gasteiger charge is -2.08. The van der Waals surface area contributed by atoms with Crippen molar-refractivity contribution in [1.29, 1.82) is 0 Å². The standard InChI is InChI=1S/C42H52O2/c1-3-5-7-9-11-13-15-17-19-35-25-33-27-39-31(29-41(33)43-35)21-23-38-37(39)24-22-32-30-42-34(28-40(32)38)26-36(44-42)20-18-16-14-12-10-8-6-4-2/h21-30H,3-20H2,1-2H3. The van der Waals surface area contributed by atoms with Crippen LogP contribution >= 0.6 is 0 Å². The molecule has 0 unspecified atom stereocenters. The van der Waals surface area contributed by atoms with Gasteiger partial charge < -0.3 is 8.83 Å². The highest BCUT2D eigenvalue weighted by atomic mass is 16.3. The first-order valence-corrected chi connectivity index (χ1v) is 18.0. The molecule has 0 bridgehead atoms. The molecule has 0 radical (unpaired) electrons. The second-order valence-corrected chi connectivity index (χ2v) is 13.3. The van der Waals surface area contributed by atoms with Crippen LogP contribution in [0, 0.1) is 0 Å². The fourth-order valence-electron chi connectivity index (χ4n) is 7.17. The molecule has 0 saturated heterocycles. The summed E-state index contributed by atoms with van der Waals surface area (Å²) in [5.41, 5.74) is 2.02. The molecular weight excluding hydrogens is 536 g/mol. The van der Waals surface area contributed by atoms with Gasteiger partial charge in [0.1, 0.15) is 22.7 Å². The molecule has 6 aromatic rings. The van der Waals surface area contributed by atoms with Crippen LogP contribution in [-0.2, 0) is 12.8 Å². The summed E-state index contributed by atoms with van der Waals surface area (Å²) in [7, 11) is 0. The van der Waals surface area contributed by atoms with Crippen LogP contribution < -0.4 is 0 Å². The molecule has 2 nitrogen and oxygen atoms in total. The second kappa shape index (κ2) is 15.2. The molecule has 0 spiro atoms. The van der Waals surface area contributed by atoms with Crippen LogP contribution in [0.25, 0.3) is 54.3 Å². The van der Waals surface area contributed by atoms with Gasteiger partial charge in [-0.25, -0.2) is 0 Å². The normalized spacial score (nSPS) is 12.1. The number of aryl methyl sites for hydroxylation is 2. The van der Waals surface area contributed by atoms with Crippen molar-refractivity contribution in [2.45, 2.75) is 129 Å². The Morgan fingerprint density at radius 1 is 0.364 bits per heavy atom. The molecule has 2 aromatic heterocycles. The Hall–Kier alpha value is -3.26. The Bertz CT molecular complexity index is 1670. The fourth-order valence-corrected chi connectivity index (χ4v) is 7.17. The summed E-state index contributed by atoms with van der Waals surface area (Å²) in [6, 6.07) is 22.8. The SMILES string of the molecule is CCCCCCCCCCc1cc2cc3c(ccc4c5cc6cc(CCCCCCCCCC)oc6cc5ccc34)cc2o1. The van der Waals surface area contributed by atoms with Crippen molar-refractivity contribution in [2.24, 2.45) is 0 Å². The molecule has 0 amide bonds. The first-order chi connectivity index (χ1) is 21.7. The Kier molecular flexibility index (Phi) is 10.6. The molecule has 0 N–H and O–H groups in total. The molecule has 4 aromatic carbocycles. The zero-order chi connectivity index (χ0) is 30.1. The predicted molar refractivity (Wildman–Crippen MR) is 191 cm³/mol. The highest BCUT2D eigenvalue weighted by Gasteiger charge is 2.12. The van der Waals surface area contributed by atoms with Gasteiger partial charge in [-0.2, -0.15) is 0 Å². The lowest BCUT2D eigenvalue weighted by Crippen LogP contribution is -1.84. The van der Waals surface area contributed by atoms with E-state index in [0.29, 0.717) is 0 Å². The number of fused-ring (bicyclic) bond motifs is 7. The number of hydrogen-bond acceptors (Lipinski definition) is 2. The van der Waals surface area contributed by atoms with E-state index in [1.54, 1.807) is 0 Å². The largest absolute Gasteiger partial charge is 0.461 e. The van der Waals surface area contributed by atoms with Gasteiger partial charge in [0.15, 0.2) is 0 Å². The van der Waals surface area contributed by atoms with Crippen molar-refractivity contribution in [1.82, 2.24) is 0 Å². The van der Waals surface area contributed by atoms with Gasteiger partial charge in [0.25, 0.3) is 0 Å². The van der Waals surface area contributed by atoms with E-state index in [0.717, 1.165) is 35.5 Å². The van der Waals surface area contributed by atoms with Crippen LogP contribution in [-0.4, -0.2) is 0 Å². The molecule has 0 atom stereocenters. The lowest BCUT2D eigenvalue weighted by atomic mass is 9.95. The van der Waals surface area contributed by atoms with E-state index in [1.165, 1.54) is 146 Å². The van der Waals surface area contributed by atoms with Crippen molar-refractivity contribution in [3.05, 3.63) is 72.2 Å². The van der Waals surface area contributed by atoms with Crippen molar-refractivity contribution < 1.29 is 8.83 Å². The Morgan fingerprint density at radius 2 is 0.750 bits per heavy atom. The van der Waals surface area contributed by atoms with E-state index in [1.807, 2.05) is 0 Å². The molecule has 0 saturated carbocycles. The van der Waals surface area contributed by atoms with Gasteiger partial charge in [-0.15, -0.1) is 0 Å². The predicted octanol–water partition coefficient (Wildman–Crippen LogP) is 14.0. The van der Waals surface area contributed by atoms with E-state index in [9.17, 15) is 0 Å². The van der Waals surface area contributed by atoms with Gasteiger partial charge in [0.2, 0.25) is 0 Å². The highest BCUT2D eigenvalue weighted by Crippen LogP contribution is 2.36. The van der Waals surface area contributed by atoms with Crippen molar-refractivity contribution >= 4 is 54.3 Å². The van der Waals surface area contributed by atoms with E-state index in [2.05, 4.69) is 74.5 Å². The summed E-state index contributed by atoms with van der Waals surface area (Å²) in [6.07, 6.45) is 23.5. The highest BCUT2D eigenvalue weighted by molar-refractivity contribution is 6.20. The summed E-state index contributed by atoms with van der Waals surface area (Å²) in [5.74, 6) is 2.25.